The van der Waals surface area contributed by atoms with Crippen LogP contribution < -0.4 is 5.73 Å². The molecule has 1 aliphatic rings. The predicted octanol–water partition coefficient (Wildman–Crippen LogP) is 2.41. The normalized spacial score (nSPS) is 28.3. The summed E-state index contributed by atoms with van der Waals surface area (Å²) in [7, 11) is 4.32. The van der Waals surface area contributed by atoms with E-state index in [0.717, 1.165) is 24.4 Å². The predicted molar refractivity (Wildman–Crippen MR) is 84.4 cm³/mol. The van der Waals surface area contributed by atoms with Crippen LogP contribution in [0.5, 0.6) is 0 Å². The number of hydrogen-bond donors (Lipinski definition) is 1. The van der Waals surface area contributed by atoms with Crippen molar-refractivity contribution in [2.45, 2.75) is 52.0 Å². The van der Waals surface area contributed by atoms with Crippen LogP contribution in [0.1, 0.15) is 46.0 Å². The molecule has 3 nitrogen and oxygen atoms in total. The maximum Gasteiger partial charge on any atom is 0.0138 e. The van der Waals surface area contributed by atoms with E-state index in [4.69, 9.17) is 5.73 Å². The molecule has 0 heterocycles. The molecule has 0 aliphatic heterocycles. The minimum absolute atomic E-state index is 0.724. The SMILES string of the molecule is CCC1CCC(CN)C(N(CC)CCCN(C)C)C1. The largest absolute Gasteiger partial charge is 0.330 e. The summed E-state index contributed by atoms with van der Waals surface area (Å²) in [5, 5.41) is 0. The third kappa shape index (κ3) is 5.41. The van der Waals surface area contributed by atoms with Crippen LogP contribution in [0.2, 0.25) is 0 Å². The van der Waals surface area contributed by atoms with Crippen molar-refractivity contribution in [2.24, 2.45) is 17.6 Å². The van der Waals surface area contributed by atoms with Crippen molar-refractivity contribution in [2.75, 3.05) is 40.3 Å². The van der Waals surface area contributed by atoms with E-state index in [1.165, 1.54) is 51.7 Å². The van der Waals surface area contributed by atoms with Gasteiger partial charge in [-0.2, -0.15) is 0 Å². The summed E-state index contributed by atoms with van der Waals surface area (Å²) in [6.07, 6.45) is 6.70. The molecule has 19 heavy (non-hydrogen) atoms. The summed E-state index contributed by atoms with van der Waals surface area (Å²) in [5.41, 5.74) is 6.02. The minimum atomic E-state index is 0.724. The Bertz CT molecular complexity index is 230. The van der Waals surface area contributed by atoms with Crippen LogP contribution >= 0.6 is 0 Å². The third-order valence-corrected chi connectivity index (χ3v) is 4.87. The van der Waals surface area contributed by atoms with E-state index in [2.05, 4.69) is 37.7 Å². The topological polar surface area (TPSA) is 32.5 Å². The average Bonchev–Trinajstić information content (AvgIpc) is 2.42. The van der Waals surface area contributed by atoms with Gasteiger partial charge in [-0.25, -0.2) is 0 Å². The fourth-order valence-corrected chi connectivity index (χ4v) is 3.54. The van der Waals surface area contributed by atoms with Gasteiger partial charge in [-0.05, 0) is 71.4 Å². The first-order valence-electron chi connectivity index (χ1n) is 8.21. The first-order valence-corrected chi connectivity index (χ1v) is 8.21. The lowest BCUT2D eigenvalue weighted by Gasteiger charge is -2.42. The van der Waals surface area contributed by atoms with Gasteiger partial charge in [0.15, 0.2) is 0 Å². The molecule has 3 heteroatoms. The van der Waals surface area contributed by atoms with Gasteiger partial charge in [0.2, 0.25) is 0 Å². The van der Waals surface area contributed by atoms with E-state index < -0.39 is 0 Å². The summed E-state index contributed by atoms with van der Waals surface area (Å²) >= 11 is 0. The molecule has 3 atom stereocenters. The molecule has 0 amide bonds. The van der Waals surface area contributed by atoms with Crippen LogP contribution in [-0.2, 0) is 0 Å². The molecule has 2 N–H and O–H groups in total. The molecule has 0 radical (unpaired) electrons. The van der Waals surface area contributed by atoms with Crippen LogP contribution in [0.4, 0.5) is 0 Å². The highest BCUT2D eigenvalue weighted by atomic mass is 15.2. The number of hydrogen-bond acceptors (Lipinski definition) is 3. The molecule has 3 unspecified atom stereocenters. The molecule has 1 saturated carbocycles. The lowest BCUT2D eigenvalue weighted by Crippen LogP contribution is -2.47. The smallest absolute Gasteiger partial charge is 0.0138 e. The van der Waals surface area contributed by atoms with Crippen molar-refractivity contribution in [3.63, 3.8) is 0 Å². The molecular weight excluding hydrogens is 234 g/mol. The minimum Gasteiger partial charge on any atom is -0.330 e. The first-order chi connectivity index (χ1) is 9.12. The third-order valence-electron chi connectivity index (χ3n) is 4.87. The Kier molecular flexibility index (Phi) is 7.96. The second kappa shape index (κ2) is 8.93. The van der Waals surface area contributed by atoms with Gasteiger partial charge in [-0.3, -0.25) is 0 Å². The summed E-state index contributed by atoms with van der Waals surface area (Å²) in [6.45, 7) is 9.10. The van der Waals surface area contributed by atoms with E-state index in [-0.39, 0.29) is 0 Å². The van der Waals surface area contributed by atoms with Gasteiger partial charge in [0.25, 0.3) is 0 Å². The van der Waals surface area contributed by atoms with Gasteiger partial charge >= 0.3 is 0 Å². The van der Waals surface area contributed by atoms with E-state index >= 15 is 0 Å². The van der Waals surface area contributed by atoms with Gasteiger partial charge in [0, 0.05) is 6.04 Å². The standard InChI is InChI=1S/C16H35N3/c1-5-14-8-9-15(13-17)16(12-14)19(6-2)11-7-10-18(3)4/h14-16H,5-13,17H2,1-4H3. The molecule has 0 bridgehead atoms. The molecule has 0 aromatic heterocycles. The number of nitrogens with two attached hydrogens (primary N) is 1. The molecular formula is C16H35N3. The molecule has 1 rings (SSSR count). The number of nitrogens with zero attached hydrogens (tertiary/aromatic N) is 2. The molecule has 0 aromatic carbocycles. The highest BCUT2D eigenvalue weighted by Crippen LogP contribution is 2.33. The molecule has 0 spiro atoms. The van der Waals surface area contributed by atoms with Crippen molar-refractivity contribution < 1.29 is 0 Å². The van der Waals surface area contributed by atoms with Crippen LogP contribution in [0, 0.1) is 11.8 Å². The summed E-state index contributed by atoms with van der Waals surface area (Å²) in [4.78, 5) is 4.98. The Morgan fingerprint density at radius 2 is 1.84 bits per heavy atom. The van der Waals surface area contributed by atoms with E-state index in [9.17, 15) is 0 Å². The Balaban J connectivity index is 2.53. The van der Waals surface area contributed by atoms with Crippen LogP contribution in [0.3, 0.4) is 0 Å². The summed E-state index contributed by atoms with van der Waals surface area (Å²) in [5.74, 6) is 1.65. The zero-order valence-electron chi connectivity index (χ0n) is 13.6. The molecule has 0 saturated heterocycles. The Morgan fingerprint density at radius 3 is 2.37 bits per heavy atom. The quantitative estimate of drug-likeness (QED) is 0.734. The maximum atomic E-state index is 6.02. The van der Waals surface area contributed by atoms with Gasteiger partial charge in [-0.1, -0.05) is 26.7 Å². The second-order valence-electron chi connectivity index (χ2n) is 6.44. The Labute approximate surface area is 120 Å². The zero-order valence-corrected chi connectivity index (χ0v) is 13.6. The molecule has 1 fully saturated rings. The van der Waals surface area contributed by atoms with Gasteiger partial charge in [0.05, 0.1) is 0 Å². The maximum absolute atomic E-state index is 6.02. The van der Waals surface area contributed by atoms with Crippen LogP contribution in [0.25, 0.3) is 0 Å². The highest BCUT2D eigenvalue weighted by Gasteiger charge is 2.32. The molecule has 114 valence electrons. The molecule has 1 aliphatic carbocycles. The zero-order chi connectivity index (χ0) is 14.3. The van der Waals surface area contributed by atoms with E-state index in [0.29, 0.717) is 0 Å². The van der Waals surface area contributed by atoms with Gasteiger partial charge in [0.1, 0.15) is 0 Å². The Morgan fingerprint density at radius 1 is 1.11 bits per heavy atom. The first kappa shape index (κ1) is 16.9. The molecule has 0 aromatic rings. The van der Waals surface area contributed by atoms with Crippen molar-refractivity contribution in [1.82, 2.24) is 9.80 Å². The van der Waals surface area contributed by atoms with Gasteiger partial charge in [-0.15, -0.1) is 0 Å². The number of rotatable bonds is 8. The van der Waals surface area contributed by atoms with Gasteiger partial charge < -0.3 is 15.5 Å². The van der Waals surface area contributed by atoms with Crippen molar-refractivity contribution in [1.29, 1.82) is 0 Å². The lowest BCUT2D eigenvalue weighted by molar-refractivity contribution is 0.0819. The fraction of sp³-hybridized carbons (Fsp3) is 1.00. The van der Waals surface area contributed by atoms with Crippen molar-refractivity contribution in [3.05, 3.63) is 0 Å². The lowest BCUT2D eigenvalue weighted by atomic mass is 9.76. The van der Waals surface area contributed by atoms with Crippen molar-refractivity contribution >= 4 is 0 Å². The van der Waals surface area contributed by atoms with Crippen LogP contribution in [-0.4, -0.2) is 56.1 Å². The monoisotopic (exact) mass is 269 g/mol. The second-order valence-corrected chi connectivity index (χ2v) is 6.44. The Hall–Kier alpha value is -0.120. The fourth-order valence-electron chi connectivity index (χ4n) is 3.54. The summed E-state index contributed by atoms with van der Waals surface area (Å²) in [6, 6.07) is 0.732. The van der Waals surface area contributed by atoms with E-state index in [1.807, 2.05) is 0 Å². The highest BCUT2D eigenvalue weighted by molar-refractivity contribution is 4.87. The van der Waals surface area contributed by atoms with Crippen LogP contribution in [0.15, 0.2) is 0 Å². The van der Waals surface area contributed by atoms with Crippen molar-refractivity contribution in [3.8, 4) is 0 Å². The summed E-state index contributed by atoms with van der Waals surface area (Å²) < 4.78 is 0. The van der Waals surface area contributed by atoms with E-state index in [1.54, 1.807) is 0 Å². The average molecular weight is 269 g/mol.